The molecule has 0 heterocycles. The first kappa shape index (κ1) is 15.9. The van der Waals surface area contributed by atoms with Gasteiger partial charge in [0.1, 0.15) is 11.6 Å². The summed E-state index contributed by atoms with van der Waals surface area (Å²) in [6.45, 7) is 0.129. The van der Waals surface area contributed by atoms with Crippen LogP contribution in [0.25, 0.3) is 0 Å². The molecule has 0 radical (unpaired) electrons. The highest BCUT2D eigenvalue weighted by Crippen LogP contribution is 2.44. The van der Waals surface area contributed by atoms with Gasteiger partial charge in [-0.2, -0.15) is 0 Å². The number of hydrogen-bond acceptors (Lipinski definition) is 2. The molecule has 0 bridgehead atoms. The Morgan fingerprint density at radius 2 is 1.78 bits per heavy atom. The van der Waals surface area contributed by atoms with Gasteiger partial charge in [0.15, 0.2) is 0 Å². The number of benzene rings is 1. The molecule has 0 saturated heterocycles. The lowest BCUT2D eigenvalue weighted by Crippen LogP contribution is -2.39. The summed E-state index contributed by atoms with van der Waals surface area (Å²) in [7, 11) is 0. The van der Waals surface area contributed by atoms with Gasteiger partial charge in [-0.15, -0.1) is 0 Å². The van der Waals surface area contributed by atoms with Crippen molar-refractivity contribution in [1.82, 2.24) is 10.6 Å². The Labute approximate surface area is 133 Å². The second kappa shape index (κ2) is 6.64. The van der Waals surface area contributed by atoms with Gasteiger partial charge in [0.25, 0.3) is 5.91 Å². The van der Waals surface area contributed by atoms with E-state index < -0.39 is 17.5 Å². The number of amides is 2. The van der Waals surface area contributed by atoms with E-state index in [9.17, 15) is 18.4 Å². The average Bonchev–Trinajstić information content (AvgIpc) is 3.38. The number of nitrogens with one attached hydrogen (secondary N) is 2. The lowest BCUT2D eigenvalue weighted by Gasteiger charge is -2.17. The van der Waals surface area contributed by atoms with Crippen molar-refractivity contribution in [3.63, 3.8) is 0 Å². The zero-order chi connectivity index (χ0) is 16.4. The van der Waals surface area contributed by atoms with Gasteiger partial charge >= 0.3 is 0 Å². The summed E-state index contributed by atoms with van der Waals surface area (Å²) in [5, 5.41) is 5.55. The van der Waals surface area contributed by atoms with Crippen LogP contribution in [0.3, 0.4) is 0 Å². The van der Waals surface area contributed by atoms with Gasteiger partial charge < -0.3 is 10.6 Å². The van der Waals surface area contributed by atoms with Crippen molar-refractivity contribution in [3.8, 4) is 0 Å². The fourth-order valence-corrected chi connectivity index (χ4v) is 2.85. The zero-order valence-electron chi connectivity index (χ0n) is 12.8. The van der Waals surface area contributed by atoms with Gasteiger partial charge in [-0.05, 0) is 49.7 Å². The van der Waals surface area contributed by atoms with Crippen molar-refractivity contribution < 1.29 is 18.4 Å². The second-order valence-electron chi connectivity index (χ2n) is 6.40. The van der Waals surface area contributed by atoms with Crippen molar-refractivity contribution in [1.29, 1.82) is 0 Å². The molecule has 0 aliphatic heterocycles. The Balaban J connectivity index is 1.43. The van der Waals surface area contributed by atoms with Crippen LogP contribution >= 0.6 is 0 Å². The molecule has 0 atom stereocenters. The van der Waals surface area contributed by atoms with E-state index >= 15 is 0 Å². The number of carbonyl (C=O) groups is 2. The molecule has 0 aromatic heterocycles. The van der Waals surface area contributed by atoms with Crippen molar-refractivity contribution in [2.45, 2.75) is 38.1 Å². The monoisotopic (exact) mass is 322 g/mol. The third kappa shape index (κ3) is 4.27. The molecule has 2 N–H and O–H groups in total. The predicted octanol–water partition coefficient (Wildman–Crippen LogP) is 2.39. The Kier molecular flexibility index (Phi) is 4.59. The van der Waals surface area contributed by atoms with Crippen LogP contribution in [0.15, 0.2) is 18.2 Å². The molecule has 2 amide bonds. The van der Waals surface area contributed by atoms with E-state index in [1.165, 1.54) is 25.7 Å². The first-order chi connectivity index (χ1) is 11.0. The molecule has 0 unspecified atom stereocenters. The second-order valence-corrected chi connectivity index (χ2v) is 6.40. The van der Waals surface area contributed by atoms with Gasteiger partial charge in [-0.3, -0.25) is 9.59 Å². The summed E-state index contributed by atoms with van der Waals surface area (Å²) in [4.78, 5) is 23.8. The van der Waals surface area contributed by atoms with Crippen LogP contribution in [0, 0.1) is 23.5 Å². The first-order valence-electron chi connectivity index (χ1n) is 8.07. The van der Waals surface area contributed by atoms with Crippen LogP contribution in [0.2, 0.25) is 0 Å². The molecular formula is C17H20F2N2O2. The average molecular weight is 322 g/mol. The number of carbonyl (C=O) groups excluding carboxylic acids is 2. The van der Waals surface area contributed by atoms with Gasteiger partial charge in [0, 0.05) is 25.1 Å². The molecule has 1 aromatic rings. The molecule has 1 aromatic carbocycles. The Morgan fingerprint density at radius 3 is 2.35 bits per heavy atom. The van der Waals surface area contributed by atoms with E-state index in [1.54, 1.807) is 0 Å². The molecule has 2 saturated carbocycles. The molecule has 2 aliphatic carbocycles. The summed E-state index contributed by atoms with van der Waals surface area (Å²) >= 11 is 0. The maximum atomic E-state index is 13.5. The van der Waals surface area contributed by atoms with E-state index in [0.717, 1.165) is 12.1 Å². The van der Waals surface area contributed by atoms with Gasteiger partial charge in [0.05, 0.1) is 5.56 Å². The molecule has 6 heteroatoms. The number of rotatable bonds is 7. The first-order valence-corrected chi connectivity index (χ1v) is 8.07. The third-order valence-electron chi connectivity index (χ3n) is 4.40. The highest BCUT2D eigenvalue weighted by atomic mass is 19.1. The van der Waals surface area contributed by atoms with Crippen LogP contribution in [0.5, 0.6) is 0 Å². The van der Waals surface area contributed by atoms with Crippen LogP contribution < -0.4 is 10.6 Å². The maximum Gasteiger partial charge on any atom is 0.254 e. The summed E-state index contributed by atoms with van der Waals surface area (Å²) in [6, 6.07) is 3.07. The molecule has 23 heavy (non-hydrogen) atoms. The van der Waals surface area contributed by atoms with E-state index in [2.05, 4.69) is 10.6 Å². The summed E-state index contributed by atoms with van der Waals surface area (Å²) in [5.74, 6) is -1.13. The zero-order valence-corrected chi connectivity index (χ0v) is 12.8. The van der Waals surface area contributed by atoms with Crippen molar-refractivity contribution in [3.05, 3.63) is 35.4 Å². The normalized spacial score (nSPS) is 17.2. The standard InChI is InChI=1S/C17H20F2N2O2/c18-12-5-6-13(14(19)9-12)17(23)20-8-7-15(22)21-16(10-1-2-10)11-3-4-11/h5-6,9-11,16H,1-4,7-8H2,(H,20,23)(H,21,22). The minimum atomic E-state index is -0.908. The minimum absolute atomic E-state index is 0.0892. The molecular weight excluding hydrogens is 302 g/mol. The summed E-state index contributed by atoms with van der Waals surface area (Å²) in [6.07, 6.45) is 4.89. The lowest BCUT2D eigenvalue weighted by atomic mass is 10.1. The Bertz CT molecular complexity index is 601. The van der Waals surface area contributed by atoms with Crippen molar-refractivity contribution in [2.24, 2.45) is 11.8 Å². The van der Waals surface area contributed by atoms with E-state index in [-0.39, 0.29) is 30.5 Å². The maximum absolute atomic E-state index is 13.5. The third-order valence-corrected chi connectivity index (χ3v) is 4.40. The molecule has 3 rings (SSSR count). The SMILES string of the molecule is O=C(CCNC(=O)c1ccc(F)cc1F)NC(C1CC1)C1CC1. The highest BCUT2D eigenvalue weighted by Gasteiger charge is 2.42. The smallest absolute Gasteiger partial charge is 0.254 e. The van der Waals surface area contributed by atoms with Crippen LogP contribution in [-0.2, 0) is 4.79 Å². The Hall–Kier alpha value is -1.98. The molecule has 0 spiro atoms. The van der Waals surface area contributed by atoms with Crippen LogP contribution in [0.1, 0.15) is 42.5 Å². The van der Waals surface area contributed by atoms with Crippen LogP contribution in [-0.4, -0.2) is 24.4 Å². The minimum Gasteiger partial charge on any atom is -0.353 e. The fourth-order valence-electron chi connectivity index (χ4n) is 2.85. The van der Waals surface area contributed by atoms with Gasteiger partial charge in [-0.25, -0.2) is 8.78 Å². The topological polar surface area (TPSA) is 58.2 Å². The molecule has 124 valence electrons. The van der Waals surface area contributed by atoms with E-state index in [4.69, 9.17) is 0 Å². The number of hydrogen-bond donors (Lipinski definition) is 2. The largest absolute Gasteiger partial charge is 0.353 e. The molecule has 2 fully saturated rings. The Morgan fingerprint density at radius 1 is 1.13 bits per heavy atom. The highest BCUT2D eigenvalue weighted by molar-refractivity contribution is 5.94. The van der Waals surface area contributed by atoms with Crippen molar-refractivity contribution >= 4 is 11.8 Å². The van der Waals surface area contributed by atoms with E-state index in [0.29, 0.717) is 17.9 Å². The lowest BCUT2D eigenvalue weighted by molar-refractivity contribution is -0.122. The van der Waals surface area contributed by atoms with Gasteiger partial charge in [0.2, 0.25) is 5.91 Å². The van der Waals surface area contributed by atoms with E-state index in [1.807, 2.05) is 0 Å². The molecule has 4 nitrogen and oxygen atoms in total. The fraction of sp³-hybridized carbons (Fsp3) is 0.529. The van der Waals surface area contributed by atoms with Crippen molar-refractivity contribution in [2.75, 3.05) is 6.54 Å². The summed E-state index contributed by atoms with van der Waals surface area (Å²) < 4.78 is 26.3. The van der Waals surface area contributed by atoms with Crippen LogP contribution in [0.4, 0.5) is 8.78 Å². The predicted molar refractivity (Wildman–Crippen MR) is 80.7 cm³/mol. The quantitative estimate of drug-likeness (QED) is 0.810. The van der Waals surface area contributed by atoms with Gasteiger partial charge in [-0.1, -0.05) is 0 Å². The summed E-state index contributed by atoms with van der Waals surface area (Å²) in [5.41, 5.74) is -0.222. The number of halogens is 2. The molecule has 2 aliphatic rings.